The molecule has 0 amide bonds. The lowest BCUT2D eigenvalue weighted by atomic mass is 9.98. The Morgan fingerprint density at radius 2 is 1.95 bits per heavy atom. The van der Waals surface area contributed by atoms with Crippen molar-refractivity contribution in [2.45, 2.75) is 32.4 Å². The third-order valence-electron chi connectivity index (χ3n) is 3.70. The standard InChI is InChI=1S/C18H20ClNO/c1-2-21-18-6-4-3-5-17(18)16-10-7-14(19)11-13(16)12-20-15-8-9-15/h3-7,10-11,15,20H,2,8-9,12H2,1H3. The van der Waals surface area contributed by atoms with Gasteiger partial charge in [0, 0.05) is 23.2 Å². The molecule has 0 radical (unpaired) electrons. The first-order valence-corrected chi connectivity index (χ1v) is 7.89. The molecule has 0 aromatic heterocycles. The summed E-state index contributed by atoms with van der Waals surface area (Å²) in [4.78, 5) is 0. The smallest absolute Gasteiger partial charge is 0.127 e. The van der Waals surface area contributed by atoms with Crippen molar-refractivity contribution in [3.63, 3.8) is 0 Å². The summed E-state index contributed by atoms with van der Waals surface area (Å²) in [5.41, 5.74) is 3.54. The van der Waals surface area contributed by atoms with Crippen LogP contribution < -0.4 is 10.1 Å². The van der Waals surface area contributed by atoms with E-state index in [1.165, 1.54) is 24.0 Å². The number of nitrogens with one attached hydrogen (secondary N) is 1. The highest BCUT2D eigenvalue weighted by Crippen LogP contribution is 2.34. The average Bonchev–Trinajstić information content (AvgIpc) is 3.31. The molecular weight excluding hydrogens is 282 g/mol. The summed E-state index contributed by atoms with van der Waals surface area (Å²) < 4.78 is 5.76. The summed E-state index contributed by atoms with van der Waals surface area (Å²) in [6, 6.07) is 14.9. The zero-order valence-corrected chi connectivity index (χ0v) is 13.0. The summed E-state index contributed by atoms with van der Waals surface area (Å²) in [7, 11) is 0. The molecule has 3 rings (SSSR count). The maximum Gasteiger partial charge on any atom is 0.127 e. The normalized spacial score (nSPS) is 14.2. The minimum absolute atomic E-state index is 0.667. The quantitative estimate of drug-likeness (QED) is 0.838. The molecule has 0 aliphatic heterocycles. The lowest BCUT2D eigenvalue weighted by molar-refractivity contribution is 0.341. The molecule has 2 aromatic carbocycles. The van der Waals surface area contributed by atoms with Crippen molar-refractivity contribution in [3.8, 4) is 16.9 Å². The van der Waals surface area contributed by atoms with Crippen LogP contribution in [0.15, 0.2) is 42.5 Å². The van der Waals surface area contributed by atoms with Crippen LogP contribution in [-0.4, -0.2) is 12.6 Å². The molecular formula is C18H20ClNO. The molecule has 1 aliphatic rings. The highest BCUT2D eigenvalue weighted by molar-refractivity contribution is 6.30. The molecule has 110 valence electrons. The fourth-order valence-corrected chi connectivity index (χ4v) is 2.68. The molecule has 3 heteroatoms. The molecule has 1 fully saturated rings. The van der Waals surface area contributed by atoms with Gasteiger partial charge in [0.25, 0.3) is 0 Å². The van der Waals surface area contributed by atoms with Crippen LogP contribution in [-0.2, 0) is 6.54 Å². The highest BCUT2D eigenvalue weighted by atomic mass is 35.5. The van der Waals surface area contributed by atoms with Gasteiger partial charge in [-0.3, -0.25) is 0 Å². The zero-order chi connectivity index (χ0) is 14.7. The van der Waals surface area contributed by atoms with Gasteiger partial charge >= 0.3 is 0 Å². The third kappa shape index (κ3) is 3.58. The molecule has 21 heavy (non-hydrogen) atoms. The van der Waals surface area contributed by atoms with Crippen LogP contribution >= 0.6 is 11.6 Å². The summed E-state index contributed by atoms with van der Waals surface area (Å²) in [6.07, 6.45) is 2.57. The van der Waals surface area contributed by atoms with E-state index in [1.807, 2.05) is 31.2 Å². The van der Waals surface area contributed by atoms with E-state index in [1.54, 1.807) is 0 Å². The predicted molar refractivity (Wildman–Crippen MR) is 87.9 cm³/mol. The average molecular weight is 302 g/mol. The number of rotatable bonds is 6. The molecule has 1 N–H and O–H groups in total. The van der Waals surface area contributed by atoms with Crippen molar-refractivity contribution in [2.24, 2.45) is 0 Å². The predicted octanol–water partition coefficient (Wildman–Crippen LogP) is 4.66. The van der Waals surface area contributed by atoms with Crippen molar-refractivity contribution in [1.29, 1.82) is 0 Å². The topological polar surface area (TPSA) is 21.3 Å². The maximum absolute atomic E-state index is 6.18. The van der Waals surface area contributed by atoms with Crippen LogP contribution in [0.2, 0.25) is 5.02 Å². The van der Waals surface area contributed by atoms with Crippen molar-refractivity contribution >= 4 is 11.6 Å². The molecule has 1 aliphatic carbocycles. The van der Waals surface area contributed by atoms with Crippen LogP contribution in [0.3, 0.4) is 0 Å². The van der Waals surface area contributed by atoms with Crippen LogP contribution in [0, 0.1) is 0 Å². The second-order valence-corrected chi connectivity index (χ2v) is 5.82. The molecule has 0 spiro atoms. The second-order valence-electron chi connectivity index (χ2n) is 5.39. The Labute approximate surface area is 131 Å². The fraction of sp³-hybridized carbons (Fsp3) is 0.333. The first kappa shape index (κ1) is 14.4. The summed E-state index contributed by atoms with van der Waals surface area (Å²) in [5, 5.41) is 4.34. The van der Waals surface area contributed by atoms with Gasteiger partial charge in [0.05, 0.1) is 6.61 Å². The van der Waals surface area contributed by atoms with Gasteiger partial charge in [-0.1, -0.05) is 35.9 Å². The summed E-state index contributed by atoms with van der Waals surface area (Å²) >= 11 is 6.18. The van der Waals surface area contributed by atoms with Crippen molar-refractivity contribution < 1.29 is 4.74 Å². The molecule has 2 nitrogen and oxygen atoms in total. The zero-order valence-electron chi connectivity index (χ0n) is 12.2. The monoisotopic (exact) mass is 301 g/mol. The Morgan fingerprint density at radius 3 is 2.71 bits per heavy atom. The Hall–Kier alpha value is -1.51. The molecule has 0 unspecified atom stereocenters. The van der Waals surface area contributed by atoms with Crippen LogP contribution in [0.5, 0.6) is 5.75 Å². The van der Waals surface area contributed by atoms with Gasteiger partial charge in [-0.05, 0) is 49.1 Å². The minimum Gasteiger partial charge on any atom is -0.493 e. The van der Waals surface area contributed by atoms with Crippen LogP contribution in [0.1, 0.15) is 25.3 Å². The molecule has 2 aromatic rings. The Morgan fingerprint density at radius 1 is 1.14 bits per heavy atom. The van der Waals surface area contributed by atoms with E-state index in [0.717, 1.165) is 22.9 Å². The van der Waals surface area contributed by atoms with E-state index in [0.29, 0.717) is 12.6 Å². The molecule has 1 saturated carbocycles. The van der Waals surface area contributed by atoms with E-state index in [-0.39, 0.29) is 0 Å². The van der Waals surface area contributed by atoms with E-state index < -0.39 is 0 Å². The molecule has 0 heterocycles. The third-order valence-corrected chi connectivity index (χ3v) is 3.94. The van der Waals surface area contributed by atoms with Crippen molar-refractivity contribution in [1.82, 2.24) is 5.32 Å². The Kier molecular flexibility index (Phi) is 4.47. The summed E-state index contributed by atoms with van der Waals surface area (Å²) in [5.74, 6) is 0.926. The number of hydrogen-bond acceptors (Lipinski definition) is 2. The second kappa shape index (κ2) is 6.50. The number of para-hydroxylation sites is 1. The van der Waals surface area contributed by atoms with Crippen LogP contribution in [0.25, 0.3) is 11.1 Å². The van der Waals surface area contributed by atoms with E-state index in [9.17, 15) is 0 Å². The first-order chi connectivity index (χ1) is 10.3. The minimum atomic E-state index is 0.667. The number of hydrogen-bond donors (Lipinski definition) is 1. The number of halogens is 1. The molecule has 0 bridgehead atoms. The van der Waals surface area contributed by atoms with Crippen LogP contribution in [0.4, 0.5) is 0 Å². The lowest BCUT2D eigenvalue weighted by Crippen LogP contribution is -2.16. The van der Waals surface area contributed by atoms with E-state index in [2.05, 4.69) is 23.5 Å². The van der Waals surface area contributed by atoms with Gasteiger partial charge in [-0.15, -0.1) is 0 Å². The number of ether oxygens (including phenoxy) is 1. The van der Waals surface area contributed by atoms with Gasteiger partial charge in [0.15, 0.2) is 0 Å². The van der Waals surface area contributed by atoms with E-state index in [4.69, 9.17) is 16.3 Å². The first-order valence-electron chi connectivity index (χ1n) is 7.52. The fourth-order valence-electron chi connectivity index (χ4n) is 2.48. The van der Waals surface area contributed by atoms with Gasteiger partial charge in [-0.25, -0.2) is 0 Å². The van der Waals surface area contributed by atoms with Gasteiger partial charge in [0.1, 0.15) is 5.75 Å². The van der Waals surface area contributed by atoms with Gasteiger partial charge in [-0.2, -0.15) is 0 Å². The van der Waals surface area contributed by atoms with E-state index >= 15 is 0 Å². The molecule has 0 atom stereocenters. The van der Waals surface area contributed by atoms with Gasteiger partial charge in [0.2, 0.25) is 0 Å². The summed E-state index contributed by atoms with van der Waals surface area (Å²) in [6.45, 7) is 3.52. The maximum atomic E-state index is 6.18. The SMILES string of the molecule is CCOc1ccccc1-c1ccc(Cl)cc1CNC1CC1. The Balaban J connectivity index is 1.96. The highest BCUT2D eigenvalue weighted by Gasteiger charge is 2.21. The lowest BCUT2D eigenvalue weighted by Gasteiger charge is -2.15. The van der Waals surface area contributed by atoms with Crippen molar-refractivity contribution in [2.75, 3.05) is 6.61 Å². The Bertz CT molecular complexity index is 622. The van der Waals surface area contributed by atoms with Gasteiger partial charge < -0.3 is 10.1 Å². The molecule has 0 saturated heterocycles. The van der Waals surface area contributed by atoms with Crippen molar-refractivity contribution in [3.05, 3.63) is 53.1 Å². The largest absolute Gasteiger partial charge is 0.493 e. The number of benzene rings is 2.